The van der Waals surface area contributed by atoms with Crippen LogP contribution in [-0.4, -0.2) is 41.4 Å². The van der Waals surface area contributed by atoms with Gasteiger partial charge in [-0.15, -0.1) is 11.3 Å². The number of halogens is 1. The minimum absolute atomic E-state index is 0.0501. The zero-order valence-electron chi connectivity index (χ0n) is 15.1. The Labute approximate surface area is 166 Å². The Morgan fingerprint density at radius 1 is 1.37 bits per heavy atom. The highest BCUT2D eigenvalue weighted by Crippen LogP contribution is 2.30. The number of nitrogens with one attached hydrogen (secondary N) is 2. The first-order valence-electron chi connectivity index (χ1n) is 9.07. The molecule has 3 N–H and O–H groups in total. The van der Waals surface area contributed by atoms with Crippen LogP contribution in [0.3, 0.4) is 0 Å². The quantitative estimate of drug-likeness (QED) is 0.562. The number of rotatable bonds is 5. The molecule has 27 heavy (non-hydrogen) atoms. The normalized spacial score (nSPS) is 16.5. The minimum atomic E-state index is -0.0501. The molecule has 4 rings (SSSR count). The molecule has 1 aromatic carbocycles. The molecule has 0 spiro atoms. The van der Waals surface area contributed by atoms with Crippen LogP contribution in [0.5, 0.6) is 0 Å². The lowest BCUT2D eigenvalue weighted by atomic mass is 10.1. The average molecular weight is 406 g/mol. The summed E-state index contributed by atoms with van der Waals surface area (Å²) >= 11 is 7.64. The molecule has 8 heteroatoms. The molecule has 0 saturated carbocycles. The second-order valence-corrected chi connectivity index (χ2v) is 8.39. The molecule has 3 heterocycles. The predicted octanol–water partition coefficient (Wildman–Crippen LogP) is 1.47. The molecule has 2 aromatic heterocycles. The maximum absolute atomic E-state index is 13.5. The van der Waals surface area contributed by atoms with Crippen LogP contribution in [-0.2, 0) is 13.0 Å². The third-order valence-electron chi connectivity index (χ3n) is 4.88. The molecule has 0 aliphatic carbocycles. The van der Waals surface area contributed by atoms with Gasteiger partial charge in [-0.05, 0) is 36.2 Å². The number of hydrogen-bond donors (Lipinski definition) is 3. The van der Waals surface area contributed by atoms with Crippen molar-refractivity contribution in [1.82, 2.24) is 9.55 Å². The lowest BCUT2D eigenvalue weighted by Crippen LogP contribution is -3.08. The number of anilines is 1. The summed E-state index contributed by atoms with van der Waals surface area (Å²) < 4.78 is 1.62. The van der Waals surface area contributed by atoms with Crippen molar-refractivity contribution in [2.45, 2.75) is 19.4 Å². The van der Waals surface area contributed by atoms with Crippen LogP contribution >= 0.6 is 22.9 Å². The fraction of sp³-hybridized carbons (Fsp3) is 0.368. The summed E-state index contributed by atoms with van der Waals surface area (Å²) in [6.07, 6.45) is 1.49. The first-order valence-corrected chi connectivity index (χ1v) is 10.3. The van der Waals surface area contributed by atoms with Gasteiger partial charge in [0.15, 0.2) is 0 Å². The Balaban J connectivity index is 1.92. The number of benzene rings is 1. The summed E-state index contributed by atoms with van der Waals surface area (Å²) in [5, 5.41) is 13.6. The second kappa shape index (κ2) is 7.59. The third kappa shape index (κ3) is 3.48. The standard InChI is InChI=1S/C19H21ClN4O2S/c1-23-9-7-14-15(11-23)27-17-16(14)18(26)24(13-5-3-12(20)4-6-13)19(22-17)21-8-2-10-25/h3-6,25H,2,7-11H2,1H3,(H,21,22)/p+1. The maximum atomic E-state index is 13.5. The Hall–Kier alpha value is -1.93. The van der Waals surface area contributed by atoms with Gasteiger partial charge in [0.2, 0.25) is 5.95 Å². The first kappa shape index (κ1) is 18.4. The summed E-state index contributed by atoms with van der Waals surface area (Å²) in [6, 6.07) is 7.19. The number of aliphatic hydroxyl groups excluding tert-OH is 1. The van der Waals surface area contributed by atoms with Gasteiger partial charge in [-0.25, -0.2) is 9.55 Å². The van der Waals surface area contributed by atoms with E-state index in [1.54, 1.807) is 28.0 Å². The Kier molecular flexibility index (Phi) is 5.19. The number of hydrogen-bond acceptors (Lipinski definition) is 5. The van der Waals surface area contributed by atoms with Crippen molar-refractivity contribution < 1.29 is 10.0 Å². The molecule has 1 atom stereocenters. The van der Waals surface area contributed by atoms with Gasteiger partial charge in [-0.2, -0.15) is 0 Å². The van der Waals surface area contributed by atoms with Crippen molar-refractivity contribution in [3.8, 4) is 5.69 Å². The molecule has 1 aliphatic heterocycles. The van der Waals surface area contributed by atoms with Crippen molar-refractivity contribution in [1.29, 1.82) is 0 Å². The molecule has 1 aliphatic rings. The van der Waals surface area contributed by atoms with E-state index in [0.717, 1.165) is 41.0 Å². The fourth-order valence-electron chi connectivity index (χ4n) is 3.49. The van der Waals surface area contributed by atoms with Gasteiger partial charge in [-0.3, -0.25) is 4.79 Å². The number of thiophene rings is 1. The topological polar surface area (TPSA) is 71.6 Å². The Bertz CT molecular complexity index is 1030. The molecule has 142 valence electrons. The largest absolute Gasteiger partial charge is 0.396 e. The first-order chi connectivity index (χ1) is 13.1. The highest BCUT2D eigenvalue weighted by atomic mass is 35.5. The molecule has 3 aromatic rings. The molecule has 0 saturated heterocycles. The van der Waals surface area contributed by atoms with Crippen molar-refractivity contribution in [2.24, 2.45) is 0 Å². The lowest BCUT2D eigenvalue weighted by molar-refractivity contribution is -0.895. The molecule has 0 amide bonds. The highest BCUT2D eigenvalue weighted by molar-refractivity contribution is 7.18. The Morgan fingerprint density at radius 2 is 2.15 bits per heavy atom. The van der Waals surface area contributed by atoms with Crippen LogP contribution in [0, 0.1) is 0 Å². The number of aliphatic hydroxyl groups is 1. The van der Waals surface area contributed by atoms with E-state index < -0.39 is 0 Å². The second-order valence-electron chi connectivity index (χ2n) is 6.87. The molecule has 1 unspecified atom stereocenters. The number of fused-ring (bicyclic) bond motifs is 3. The van der Waals surface area contributed by atoms with E-state index in [-0.39, 0.29) is 12.2 Å². The SMILES string of the molecule is C[NH+]1CCc2c(sc3nc(NCCCO)n(-c4ccc(Cl)cc4)c(=O)c23)C1. The van der Waals surface area contributed by atoms with Gasteiger partial charge in [0.1, 0.15) is 11.4 Å². The van der Waals surface area contributed by atoms with E-state index in [1.165, 1.54) is 9.78 Å². The smallest absolute Gasteiger partial charge is 0.268 e. The molecule has 0 radical (unpaired) electrons. The number of likely N-dealkylation sites (N-methyl/N-ethyl adjacent to an activating group) is 1. The van der Waals surface area contributed by atoms with Crippen LogP contribution in [0.1, 0.15) is 16.9 Å². The van der Waals surface area contributed by atoms with Crippen molar-refractivity contribution in [2.75, 3.05) is 32.1 Å². The lowest BCUT2D eigenvalue weighted by Gasteiger charge is -2.19. The minimum Gasteiger partial charge on any atom is -0.396 e. The van der Waals surface area contributed by atoms with Crippen LogP contribution in [0.4, 0.5) is 5.95 Å². The zero-order chi connectivity index (χ0) is 19.0. The van der Waals surface area contributed by atoms with Crippen molar-refractivity contribution >= 4 is 39.1 Å². The molecular weight excluding hydrogens is 384 g/mol. The fourth-order valence-corrected chi connectivity index (χ4v) is 4.94. The summed E-state index contributed by atoms with van der Waals surface area (Å²) in [5.41, 5.74) is 1.83. The van der Waals surface area contributed by atoms with E-state index in [9.17, 15) is 4.79 Å². The van der Waals surface area contributed by atoms with Gasteiger partial charge in [0.25, 0.3) is 5.56 Å². The van der Waals surface area contributed by atoms with Gasteiger partial charge in [-0.1, -0.05) is 11.6 Å². The van der Waals surface area contributed by atoms with Crippen LogP contribution in [0.2, 0.25) is 5.02 Å². The summed E-state index contributed by atoms with van der Waals surface area (Å²) in [5.74, 6) is 0.502. The molecular formula is C19H22ClN4O2S+. The van der Waals surface area contributed by atoms with Gasteiger partial charge in [0, 0.05) is 24.6 Å². The summed E-state index contributed by atoms with van der Waals surface area (Å²) in [6.45, 7) is 2.59. The van der Waals surface area contributed by atoms with E-state index in [1.807, 2.05) is 12.1 Å². The van der Waals surface area contributed by atoms with E-state index in [2.05, 4.69) is 12.4 Å². The number of quaternary nitrogens is 1. The molecule has 0 fully saturated rings. The highest BCUT2D eigenvalue weighted by Gasteiger charge is 2.26. The monoisotopic (exact) mass is 405 g/mol. The van der Waals surface area contributed by atoms with Crippen LogP contribution in [0.25, 0.3) is 15.9 Å². The van der Waals surface area contributed by atoms with Gasteiger partial charge in [0.05, 0.1) is 29.5 Å². The van der Waals surface area contributed by atoms with Crippen LogP contribution < -0.4 is 15.8 Å². The van der Waals surface area contributed by atoms with Crippen molar-refractivity contribution in [3.05, 3.63) is 50.1 Å². The average Bonchev–Trinajstić information content (AvgIpc) is 3.00. The van der Waals surface area contributed by atoms with Gasteiger partial charge >= 0.3 is 0 Å². The third-order valence-corrected chi connectivity index (χ3v) is 6.25. The Morgan fingerprint density at radius 3 is 2.89 bits per heavy atom. The van der Waals surface area contributed by atoms with E-state index in [0.29, 0.717) is 23.9 Å². The molecule has 0 bridgehead atoms. The summed E-state index contributed by atoms with van der Waals surface area (Å²) in [7, 11) is 2.18. The predicted molar refractivity (Wildman–Crippen MR) is 110 cm³/mol. The van der Waals surface area contributed by atoms with Crippen molar-refractivity contribution in [3.63, 3.8) is 0 Å². The molecule has 6 nitrogen and oxygen atoms in total. The number of aromatic nitrogens is 2. The summed E-state index contributed by atoms with van der Waals surface area (Å²) in [4.78, 5) is 21.8. The zero-order valence-corrected chi connectivity index (χ0v) is 16.7. The maximum Gasteiger partial charge on any atom is 0.268 e. The van der Waals surface area contributed by atoms with Crippen LogP contribution in [0.15, 0.2) is 29.1 Å². The van der Waals surface area contributed by atoms with E-state index in [4.69, 9.17) is 21.7 Å². The van der Waals surface area contributed by atoms with E-state index >= 15 is 0 Å². The van der Waals surface area contributed by atoms with Gasteiger partial charge < -0.3 is 15.3 Å². The number of nitrogens with zero attached hydrogens (tertiary/aromatic N) is 2.